The van der Waals surface area contributed by atoms with Gasteiger partial charge in [0.05, 0.1) is 17.2 Å². The summed E-state index contributed by atoms with van der Waals surface area (Å²) in [6.45, 7) is 0. The molecule has 0 bridgehead atoms. The fourth-order valence-corrected chi connectivity index (χ4v) is 3.70. The fourth-order valence-electron chi connectivity index (χ4n) is 3.70. The van der Waals surface area contributed by atoms with Crippen molar-refractivity contribution in [2.45, 2.75) is 43.9 Å². The van der Waals surface area contributed by atoms with E-state index < -0.39 is 17.3 Å². The fraction of sp³-hybridized carbons (Fsp3) is 0.318. The van der Waals surface area contributed by atoms with E-state index in [9.17, 15) is 18.0 Å². The largest absolute Gasteiger partial charge is 0.417 e. The van der Waals surface area contributed by atoms with Gasteiger partial charge >= 0.3 is 6.18 Å². The molecule has 0 heterocycles. The number of hydrogen-bond acceptors (Lipinski definition) is 5. The quantitative estimate of drug-likeness (QED) is 0.419. The number of nitrogens with zero attached hydrogens (tertiary/aromatic N) is 1. The lowest BCUT2D eigenvalue weighted by molar-refractivity contribution is -0.137. The zero-order chi connectivity index (χ0) is 22.6. The van der Waals surface area contributed by atoms with Crippen molar-refractivity contribution < 1.29 is 18.0 Å². The first-order valence-corrected chi connectivity index (χ1v) is 9.80. The molecule has 0 radical (unpaired) electrons. The average molecular weight is 429 g/mol. The highest BCUT2D eigenvalue weighted by molar-refractivity contribution is 5.97. The Labute approximate surface area is 177 Å². The van der Waals surface area contributed by atoms with Gasteiger partial charge in [0.25, 0.3) is 5.91 Å². The van der Waals surface area contributed by atoms with Crippen molar-refractivity contribution in [1.29, 1.82) is 10.7 Å². The average Bonchev–Trinajstić information content (AvgIpc) is 2.74. The summed E-state index contributed by atoms with van der Waals surface area (Å²) in [5.41, 5.74) is 6.10. The van der Waals surface area contributed by atoms with Crippen LogP contribution in [0.4, 0.5) is 24.5 Å². The number of anilines is 2. The van der Waals surface area contributed by atoms with Crippen LogP contribution < -0.4 is 16.4 Å². The van der Waals surface area contributed by atoms with Gasteiger partial charge in [-0.1, -0.05) is 6.07 Å². The third-order valence-corrected chi connectivity index (χ3v) is 5.38. The Kier molecular flexibility index (Phi) is 6.49. The number of carbonyl (C=O) groups excluding carboxylic acids is 1. The van der Waals surface area contributed by atoms with Gasteiger partial charge < -0.3 is 21.8 Å². The van der Waals surface area contributed by atoms with Gasteiger partial charge in [0.1, 0.15) is 0 Å². The van der Waals surface area contributed by atoms with Crippen LogP contribution in [0.3, 0.4) is 0 Å². The van der Waals surface area contributed by atoms with Gasteiger partial charge in [0, 0.05) is 40.8 Å². The highest BCUT2D eigenvalue weighted by Gasteiger charge is 2.34. The molecule has 9 heteroatoms. The predicted molar refractivity (Wildman–Crippen MR) is 112 cm³/mol. The van der Waals surface area contributed by atoms with Gasteiger partial charge in [-0.25, -0.2) is 0 Å². The van der Waals surface area contributed by atoms with E-state index in [0.717, 1.165) is 12.3 Å². The van der Waals surface area contributed by atoms with E-state index in [2.05, 4.69) is 10.6 Å². The molecule has 1 aliphatic rings. The van der Waals surface area contributed by atoms with E-state index in [1.54, 1.807) is 18.2 Å². The van der Waals surface area contributed by atoms with Crippen LogP contribution in [0.15, 0.2) is 36.4 Å². The third-order valence-electron chi connectivity index (χ3n) is 5.38. The van der Waals surface area contributed by atoms with Gasteiger partial charge in [0.2, 0.25) is 0 Å². The van der Waals surface area contributed by atoms with Crippen LogP contribution in [0.2, 0.25) is 0 Å². The van der Waals surface area contributed by atoms with Gasteiger partial charge in [0.15, 0.2) is 0 Å². The minimum Gasteiger partial charge on any atom is -0.398 e. The first-order chi connectivity index (χ1) is 14.7. The molecule has 0 atom stereocenters. The van der Waals surface area contributed by atoms with Crippen molar-refractivity contribution in [3.63, 3.8) is 0 Å². The topological polar surface area (TPSA) is 115 Å². The number of rotatable bonds is 5. The maximum absolute atomic E-state index is 13.1. The van der Waals surface area contributed by atoms with Crippen molar-refractivity contribution in [2.24, 2.45) is 0 Å². The molecule has 2 aromatic rings. The lowest BCUT2D eigenvalue weighted by atomic mass is 9.90. The summed E-state index contributed by atoms with van der Waals surface area (Å²) in [5, 5.41) is 22.2. The van der Waals surface area contributed by atoms with Crippen molar-refractivity contribution >= 4 is 23.5 Å². The Morgan fingerprint density at radius 2 is 1.81 bits per heavy atom. The molecule has 2 aromatic carbocycles. The van der Waals surface area contributed by atoms with E-state index in [4.69, 9.17) is 16.4 Å². The van der Waals surface area contributed by atoms with Crippen molar-refractivity contribution in [2.75, 3.05) is 11.1 Å². The molecule has 5 N–H and O–H groups in total. The first kappa shape index (κ1) is 22.2. The maximum atomic E-state index is 13.1. The van der Waals surface area contributed by atoms with Gasteiger partial charge in [-0.3, -0.25) is 4.79 Å². The van der Waals surface area contributed by atoms with Crippen molar-refractivity contribution in [3.8, 4) is 6.07 Å². The van der Waals surface area contributed by atoms with Gasteiger partial charge in [-0.15, -0.1) is 0 Å². The van der Waals surface area contributed by atoms with Gasteiger partial charge in [-0.05, 0) is 56.0 Å². The molecule has 3 rings (SSSR count). The summed E-state index contributed by atoms with van der Waals surface area (Å²) in [4.78, 5) is 12.5. The maximum Gasteiger partial charge on any atom is 0.417 e. The number of nitrogens with one attached hydrogen (secondary N) is 3. The van der Waals surface area contributed by atoms with Crippen LogP contribution in [-0.4, -0.2) is 24.2 Å². The predicted octanol–water partition coefficient (Wildman–Crippen LogP) is 4.31. The van der Waals surface area contributed by atoms with Crippen LogP contribution in [-0.2, 0) is 6.18 Å². The molecule has 0 aromatic heterocycles. The second-order valence-electron chi connectivity index (χ2n) is 7.52. The molecule has 162 valence electrons. The number of carbonyl (C=O) groups is 1. The SMILES string of the molecule is N#Cc1ccc(NC2CCC(NC(=O)c3ccc(C=N)c(N)c3)CC2)cc1C(F)(F)F. The Hall–Kier alpha value is -3.54. The van der Waals surface area contributed by atoms with E-state index >= 15 is 0 Å². The number of nitrogen functional groups attached to an aromatic ring is 1. The number of nitrogens with two attached hydrogens (primary N) is 1. The molecule has 1 saturated carbocycles. The summed E-state index contributed by atoms with van der Waals surface area (Å²) in [6, 6.07) is 9.89. The highest BCUT2D eigenvalue weighted by Crippen LogP contribution is 2.34. The normalized spacial score (nSPS) is 18.6. The van der Waals surface area contributed by atoms with Crippen LogP contribution in [0.5, 0.6) is 0 Å². The smallest absolute Gasteiger partial charge is 0.398 e. The van der Waals surface area contributed by atoms with Gasteiger partial charge in [-0.2, -0.15) is 18.4 Å². The Bertz CT molecular complexity index is 1020. The molecule has 1 amide bonds. The summed E-state index contributed by atoms with van der Waals surface area (Å²) >= 11 is 0. The monoisotopic (exact) mass is 429 g/mol. The Balaban J connectivity index is 1.56. The second-order valence-corrected chi connectivity index (χ2v) is 7.52. The number of hydrogen-bond donors (Lipinski definition) is 4. The lowest BCUT2D eigenvalue weighted by Gasteiger charge is -2.30. The minimum atomic E-state index is -4.59. The number of amides is 1. The zero-order valence-corrected chi connectivity index (χ0v) is 16.6. The molecule has 0 spiro atoms. The Morgan fingerprint density at radius 3 is 2.39 bits per heavy atom. The second kappa shape index (κ2) is 9.08. The van der Waals surface area contributed by atoms with Crippen LogP contribution in [0.25, 0.3) is 0 Å². The summed E-state index contributed by atoms with van der Waals surface area (Å²) in [7, 11) is 0. The molecule has 1 fully saturated rings. The van der Waals surface area contributed by atoms with Crippen LogP contribution in [0, 0.1) is 16.7 Å². The molecular formula is C22H22F3N5O. The minimum absolute atomic E-state index is 0.0234. The van der Waals surface area contributed by atoms with E-state index in [0.29, 0.717) is 48.2 Å². The molecule has 6 nitrogen and oxygen atoms in total. The molecule has 31 heavy (non-hydrogen) atoms. The molecule has 0 unspecified atom stereocenters. The highest BCUT2D eigenvalue weighted by atomic mass is 19.4. The molecule has 0 saturated heterocycles. The number of halogens is 3. The number of nitriles is 1. The van der Waals surface area contributed by atoms with Crippen molar-refractivity contribution in [3.05, 3.63) is 58.7 Å². The standard InChI is InChI=1S/C22H22F3N5O/c23-22(24,25)19-10-18(4-3-14(19)11-26)29-16-5-7-17(8-6-16)30-21(31)13-1-2-15(12-27)20(28)9-13/h1-4,9-10,12,16-17,27,29H,5-8,28H2,(H,30,31). The van der Waals surface area contributed by atoms with E-state index in [-0.39, 0.29) is 18.0 Å². The summed E-state index contributed by atoms with van der Waals surface area (Å²) < 4.78 is 39.4. The molecular weight excluding hydrogens is 407 g/mol. The lowest BCUT2D eigenvalue weighted by Crippen LogP contribution is -2.40. The summed E-state index contributed by atoms with van der Waals surface area (Å²) in [5.74, 6) is -0.249. The number of benzene rings is 2. The Morgan fingerprint density at radius 1 is 1.13 bits per heavy atom. The molecule has 1 aliphatic carbocycles. The van der Waals surface area contributed by atoms with E-state index in [1.165, 1.54) is 18.2 Å². The zero-order valence-electron chi connectivity index (χ0n) is 16.6. The summed E-state index contributed by atoms with van der Waals surface area (Å²) in [6.07, 6.45) is -0.746. The first-order valence-electron chi connectivity index (χ1n) is 9.80. The molecule has 0 aliphatic heterocycles. The third kappa shape index (κ3) is 5.34. The number of alkyl halides is 3. The van der Waals surface area contributed by atoms with Crippen LogP contribution in [0.1, 0.15) is 52.7 Å². The van der Waals surface area contributed by atoms with Crippen LogP contribution >= 0.6 is 0 Å². The van der Waals surface area contributed by atoms with E-state index in [1.807, 2.05) is 0 Å². The van der Waals surface area contributed by atoms with Crippen molar-refractivity contribution in [1.82, 2.24) is 5.32 Å².